The summed E-state index contributed by atoms with van der Waals surface area (Å²) in [6.07, 6.45) is 0.903. The second kappa shape index (κ2) is 4.78. The van der Waals surface area contributed by atoms with Crippen molar-refractivity contribution in [3.8, 4) is 5.75 Å². The molecule has 2 aliphatic rings. The first kappa shape index (κ1) is 16.0. The molecule has 2 aromatic rings. The molecule has 0 N–H and O–H groups in total. The molecule has 0 spiro atoms. The van der Waals surface area contributed by atoms with Crippen LogP contribution in [0.2, 0.25) is 0 Å². The molecule has 2 saturated carbocycles. The smallest absolute Gasteiger partial charge is 0.326 e. The van der Waals surface area contributed by atoms with Crippen molar-refractivity contribution in [3.05, 3.63) is 42.5 Å². The maximum atomic E-state index is 13.2. The predicted molar refractivity (Wildman–Crippen MR) is 93.2 cm³/mol. The molecule has 4 rings (SSSR count). The number of esters is 1. The van der Waals surface area contributed by atoms with Crippen molar-refractivity contribution in [3.63, 3.8) is 0 Å². The van der Waals surface area contributed by atoms with Crippen LogP contribution in [0.5, 0.6) is 5.75 Å². The third-order valence-electron chi connectivity index (χ3n) is 6.84. The van der Waals surface area contributed by atoms with Crippen molar-refractivity contribution in [1.29, 1.82) is 0 Å². The SMILES string of the molecule is CC12CCC(C(=O)Oc3cccc4ccccc34)(C(=O)C1=O)C2(C)C. The van der Waals surface area contributed by atoms with Crippen LogP contribution >= 0.6 is 0 Å². The van der Waals surface area contributed by atoms with E-state index in [2.05, 4.69) is 0 Å². The van der Waals surface area contributed by atoms with Crippen LogP contribution in [0, 0.1) is 16.2 Å². The summed E-state index contributed by atoms with van der Waals surface area (Å²) >= 11 is 0. The lowest BCUT2D eigenvalue weighted by Gasteiger charge is -2.36. The Morgan fingerprint density at radius 2 is 1.60 bits per heavy atom. The fourth-order valence-electron chi connectivity index (χ4n) is 4.69. The molecule has 4 heteroatoms. The Labute approximate surface area is 146 Å². The minimum Gasteiger partial charge on any atom is -0.425 e. The number of ketones is 2. The van der Waals surface area contributed by atoms with Crippen LogP contribution in [0.1, 0.15) is 33.6 Å². The monoisotopic (exact) mass is 336 g/mol. The highest BCUT2D eigenvalue weighted by atomic mass is 16.5. The normalized spacial score (nSPS) is 30.0. The van der Waals surface area contributed by atoms with Crippen LogP contribution in [0.4, 0.5) is 0 Å². The first-order valence-corrected chi connectivity index (χ1v) is 8.55. The van der Waals surface area contributed by atoms with Gasteiger partial charge in [0.05, 0.1) is 0 Å². The number of ether oxygens (including phenoxy) is 1. The zero-order valence-electron chi connectivity index (χ0n) is 14.6. The van der Waals surface area contributed by atoms with Crippen molar-refractivity contribution < 1.29 is 19.1 Å². The molecule has 2 fully saturated rings. The van der Waals surface area contributed by atoms with Gasteiger partial charge >= 0.3 is 5.97 Å². The quantitative estimate of drug-likeness (QED) is 0.363. The van der Waals surface area contributed by atoms with Gasteiger partial charge in [0, 0.05) is 16.2 Å². The van der Waals surface area contributed by atoms with Crippen molar-refractivity contribution in [2.75, 3.05) is 0 Å². The first-order chi connectivity index (χ1) is 11.8. The lowest BCUT2D eigenvalue weighted by atomic mass is 9.65. The number of rotatable bonds is 2. The standard InChI is InChI=1S/C21H20O4/c1-19(2)20(3)11-12-21(19,17(23)16(20)22)18(24)25-15-10-6-8-13-7-4-5-9-14(13)15/h4-10H,11-12H2,1-3H3. The Hall–Kier alpha value is -2.49. The fraction of sp³-hybridized carbons (Fsp3) is 0.381. The topological polar surface area (TPSA) is 60.4 Å². The van der Waals surface area contributed by atoms with Gasteiger partial charge in [-0.3, -0.25) is 14.4 Å². The molecule has 4 nitrogen and oxygen atoms in total. The molecule has 25 heavy (non-hydrogen) atoms. The van der Waals surface area contributed by atoms with Crippen molar-refractivity contribution in [2.24, 2.45) is 16.2 Å². The molecule has 0 saturated heterocycles. The van der Waals surface area contributed by atoms with E-state index in [0.717, 1.165) is 10.8 Å². The molecule has 0 aromatic heterocycles. The molecular formula is C21H20O4. The van der Waals surface area contributed by atoms with Gasteiger partial charge in [0.25, 0.3) is 0 Å². The predicted octanol–water partition coefficient (Wildman–Crippen LogP) is 3.71. The van der Waals surface area contributed by atoms with Crippen LogP contribution in [0.25, 0.3) is 10.8 Å². The maximum absolute atomic E-state index is 13.2. The van der Waals surface area contributed by atoms with Gasteiger partial charge in [-0.2, -0.15) is 0 Å². The second-order valence-corrected chi connectivity index (χ2v) is 7.89. The number of Topliss-reactive ketones (excluding diaryl/α,β-unsaturated/α-hetero) is 2. The Bertz CT molecular complexity index is 937. The highest BCUT2D eigenvalue weighted by Gasteiger charge is 2.78. The van der Waals surface area contributed by atoms with Gasteiger partial charge in [0.15, 0.2) is 0 Å². The van der Waals surface area contributed by atoms with Gasteiger partial charge in [0.2, 0.25) is 11.6 Å². The van der Waals surface area contributed by atoms with Crippen LogP contribution in [-0.2, 0) is 14.4 Å². The molecule has 0 amide bonds. The van der Waals surface area contributed by atoms with E-state index in [1.807, 2.05) is 50.2 Å². The van der Waals surface area contributed by atoms with E-state index >= 15 is 0 Å². The van der Waals surface area contributed by atoms with Gasteiger partial charge in [-0.15, -0.1) is 0 Å². The highest BCUT2D eigenvalue weighted by Crippen LogP contribution is 2.69. The Kier molecular flexibility index (Phi) is 3.06. The molecular weight excluding hydrogens is 316 g/mol. The molecule has 2 aromatic carbocycles. The Morgan fingerprint density at radius 3 is 2.28 bits per heavy atom. The van der Waals surface area contributed by atoms with Crippen molar-refractivity contribution >= 4 is 28.3 Å². The number of hydrogen-bond donors (Lipinski definition) is 0. The van der Waals surface area contributed by atoms with Gasteiger partial charge in [0.1, 0.15) is 11.2 Å². The number of fused-ring (bicyclic) bond motifs is 3. The molecule has 2 atom stereocenters. The number of hydrogen-bond acceptors (Lipinski definition) is 4. The van der Waals surface area contributed by atoms with Crippen LogP contribution in [0.15, 0.2) is 42.5 Å². The third kappa shape index (κ3) is 1.69. The Balaban J connectivity index is 1.79. The van der Waals surface area contributed by atoms with E-state index in [4.69, 9.17) is 4.74 Å². The Morgan fingerprint density at radius 1 is 0.920 bits per heavy atom. The largest absolute Gasteiger partial charge is 0.425 e. The lowest BCUT2D eigenvalue weighted by molar-refractivity contribution is -0.157. The minimum absolute atomic E-state index is 0.366. The van der Waals surface area contributed by atoms with Gasteiger partial charge in [-0.25, -0.2) is 0 Å². The summed E-state index contributed by atoms with van der Waals surface area (Å²) in [6.45, 7) is 5.48. The molecule has 0 aliphatic heterocycles. The van der Waals surface area contributed by atoms with E-state index in [-0.39, 0.29) is 0 Å². The third-order valence-corrected chi connectivity index (χ3v) is 6.84. The van der Waals surface area contributed by atoms with E-state index in [1.165, 1.54) is 0 Å². The summed E-state index contributed by atoms with van der Waals surface area (Å²) in [4.78, 5) is 38.4. The summed E-state index contributed by atoms with van der Waals surface area (Å²) in [5.74, 6) is -1.20. The number of benzene rings is 2. The van der Waals surface area contributed by atoms with Gasteiger partial charge in [-0.1, -0.05) is 57.2 Å². The molecule has 128 valence electrons. The molecule has 0 radical (unpaired) electrons. The highest BCUT2D eigenvalue weighted by molar-refractivity contribution is 6.48. The van der Waals surface area contributed by atoms with Crippen LogP contribution in [-0.4, -0.2) is 17.5 Å². The summed E-state index contributed by atoms with van der Waals surface area (Å²) in [5.41, 5.74) is -2.92. The van der Waals surface area contributed by atoms with Gasteiger partial charge < -0.3 is 4.74 Å². The summed E-state index contributed by atoms with van der Waals surface area (Å²) in [7, 11) is 0. The lowest BCUT2D eigenvalue weighted by Crippen LogP contribution is -2.47. The average molecular weight is 336 g/mol. The van der Waals surface area contributed by atoms with Crippen molar-refractivity contribution in [2.45, 2.75) is 33.6 Å². The summed E-state index contributed by atoms with van der Waals surface area (Å²) in [6, 6.07) is 13.1. The summed E-state index contributed by atoms with van der Waals surface area (Å²) < 4.78 is 5.72. The zero-order chi connectivity index (χ0) is 18.0. The van der Waals surface area contributed by atoms with Crippen LogP contribution in [0.3, 0.4) is 0 Å². The zero-order valence-corrected chi connectivity index (χ0v) is 14.6. The summed E-state index contributed by atoms with van der Waals surface area (Å²) in [5, 5.41) is 1.76. The minimum atomic E-state index is -1.38. The van der Waals surface area contributed by atoms with Crippen LogP contribution < -0.4 is 4.74 Å². The van der Waals surface area contributed by atoms with E-state index in [9.17, 15) is 14.4 Å². The maximum Gasteiger partial charge on any atom is 0.326 e. The molecule has 2 unspecified atom stereocenters. The first-order valence-electron chi connectivity index (χ1n) is 8.55. The van der Waals surface area contributed by atoms with E-state index < -0.39 is 33.8 Å². The van der Waals surface area contributed by atoms with E-state index in [1.54, 1.807) is 13.0 Å². The molecule has 0 heterocycles. The second-order valence-electron chi connectivity index (χ2n) is 7.89. The number of carbonyl (C=O) groups excluding carboxylic acids is 3. The fourth-order valence-corrected chi connectivity index (χ4v) is 4.69. The molecule has 2 bridgehead atoms. The number of carbonyl (C=O) groups is 3. The molecule has 2 aliphatic carbocycles. The average Bonchev–Trinajstić information content (AvgIpc) is 2.87. The van der Waals surface area contributed by atoms with Crippen molar-refractivity contribution in [1.82, 2.24) is 0 Å². The van der Waals surface area contributed by atoms with E-state index in [0.29, 0.717) is 18.6 Å². The van der Waals surface area contributed by atoms with Gasteiger partial charge in [-0.05, 0) is 24.3 Å².